The molecule has 300 valence electrons. The van der Waals surface area contributed by atoms with Crippen molar-refractivity contribution in [3.63, 3.8) is 0 Å². The molecule has 5 N–H and O–H groups in total. The summed E-state index contributed by atoms with van der Waals surface area (Å²) in [6.07, 6.45) is -0.751. The number of aromatic nitrogens is 1. The number of halogens is 1. The molecule has 1 aliphatic heterocycles. The number of nitrogens with one attached hydrogen (secondary N) is 2. The van der Waals surface area contributed by atoms with Crippen LogP contribution in [0.4, 0.5) is 0 Å². The van der Waals surface area contributed by atoms with E-state index in [1.54, 1.807) is 11.3 Å². The molecule has 1 fully saturated rings. The number of nitrogens with zero attached hydrogens (tertiary/aromatic N) is 2. The fraction of sp³-hybridized carbons (Fsp3) is 0.667. The van der Waals surface area contributed by atoms with Gasteiger partial charge in [0.05, 0.1) is 94.9 Å². The molecule has 0 saturated carbocycles. The Morgan fingerprint density at radius 2 is 1.43 bits per heavy atom. The highest BCUT2D eigenvalue weighted by atomic mass is 35.5. The lowest BCUT2D eigenvalue weighted by Crippen LogP contribution is -2.58. The molecule has 1 saturated heterocycles. The average molecular weight is 788 g/mol. The van der Waals surface area contributed by atoms with Crippen molar-refractivity contribution < 1.29 is 47.9 Å². The van der Waals surface area contributed by atoms with Crippen LogP contribution in [0.2, 0.25) is 0 Å². The van der Waals surface area contributed by atoms with Gasteiger partial charge in [0.15, 0.2) is 0 Å². The summed E-state index contributed by atoms with van der Waals surface area (Å²) in [5.41, 5.74) is 9.39. The lowest BCUT2D eigenvalue weighted by molar-refractivity contribution is -0.144. The van der Waals surface area contributed by atoms with Crippen molar-refractivity contribution in [3.05, 3.63) is 41.0 Å². The van der Waals surface area contributed by atoms with Gasteiger partial charge in [-0.15, -0.1) is 23.7 Å². The molecular formula is C36H58ClN5O10S. The van der Waals surface area contributed by atoms with Crippen molar-refractivity contribution >= 4 is 41.5 Å². The van der Waals surface area contributed by atoms with E-state index in [0.29, 0.717) is 66.0 Å². The van der Waals surface area contributed by atoms with Gasteiger partial charge in [-0.05, 0) is 23.5 Å². The van der Waals surface area contributed by atoms with Crippen molar-refractivity contribution in [2.45, 2.75) is 58.8 Å². The van der Waals surface area contributed by atoms with Crippen molar-refractivity contribution in [3.8, 4) is 10.4 Å². The third-order valence-corrected chi connectivity index (χ3v) is 9.04. The van der Waals surface area contributed by atoms with Gasteiger partial charge in [0.25, 0.3) is 0 Å². The Morgan fingerprint density at radius 3 is 1.92 bits per heavy atom. The Hall–Kier alpha value is -2.77. The molecule has 17 heteroatoms. The van der Waals surface area contributed by atoms with Gasteiger partial charge in [-0.1, -0.05) is 45.0 Å². The second kappa shape index (κ2) is 25.3. The fourth-order valence-corrected chi connectivity index (χ4v) is 6.14. The van der Waals surface area contributed by atoms with Crippen LogP contribution in [0.15, 0.2) is 29.8 Å². The molecule has 3 amide bonds. The molecule has 1 aromatic carbocycles. The van der Waals surface area contributed by atoms with E-state index in [1.807, 2.05) is 57.5 Å². The van der Waals surface area contributed by atoms with Gasteiger partial charge in [0.2, 0.25) is 17.7 Å². The van der Waals surface area contributed by atoms with E-state index in [4.69, 9.17) is 34.2 Å². The van der Waals surface area contributed by atoms with E-state index in [0.717, 1.165) is 21.7 Å². The molecule has 1 aliphatic rings. The summed E-state index contributed by atoms with van der Waals surface area (Å²) in [7, 11) is 0. The molecule has 53 heavy (non-hydrogen) atoms. The maximum atomic E-state index is 13.8. The number of thiazole rings is 1. The number of aliphatic hydroxyl groups is 1. The summed E-state index contributed by atoms with van der Waals surface area (Å²) in [6, 6.07) is 6.05. The number of hydrogen-bond donors (Lipinski definition) is 4. The maximum Gasteiger partial charge on any atom is 0.246 e. The predicted octanol–water partition coefficient (Wildman–Crippen LogP) is 1.71. The second-order valence-corrected chi connectivity index (χ2v) is 14.2. The van der Waals surface area contributed by atoms with Crippen LogP contribution in [-0.2, 0) is 49.3 Å². The number of benzene rings is 1. The number of likely N-dealkylation sites (tertiary alicyclic amines) is 1. The highest BCUT2D eigenvalue weighted by Crippen LogP contribution is 2.28. The lowest BCUT2D eigenvalue weighted by atomic mass is 9.85. The Bertz CT molecular complexity index is 1350. The Morgan fingerprint density at radius 1 is 0.906 bits per heavy atom. The zero-order valence-electron chi connectivity index (χ0n) is 31.3. The number of carbonyl (C=O) groups excluding carboxylic acids is 3. The third kappa shape index (κ3) is 17.1. The molecule has 15 nitrogen and oxygen atoms in total. The van der Waals surface area contributed by atoms with E-state index in [9.17, 15) is 19.5 Å². The van der Waals surface area contributed by atoms with Crippen LogP contribution in [0.5, 0.6) is 0 Å². The van der Waals surface area contributed by atoms with Gasteiger partial charge >= 0.3 is 0 Å². The first-order chi connectivity index (χ1) is 25.0. The lowest BCUT2D eigenvalue weighted by Gasteiger charge is -2.35. The summed E-state index contributed by atoms with van der Waals surface area (Å²) in [6.45, 7) is 12.5. The van der Waals surface area contributed by atoms with Gasteiger partial charge in [-0.3, -0.25) is 14.4 Å². The van der Waals surface area contributed by atoms with Crippen molar-refractivity contribution in [1.29, 1.82) is 0 Å². The Balaban J connectivity index is 0.00000972. The first kappa shape index (κ1) is 46.4. The van der Waals surface area contributed by atoms with Gasteiger partial charge in [-0.25, -0.2) is 4.98 Å². The molecule has 0 aliphatic carbocycles. The molecule has 0 radical (unpaired) electrons. The minimum absolute atomic E-state index is 0. The van der Waals surface area contributed by atoms with Crippen LogP contribution >= 0.6 is 23.7 Å². The van der Waals surface area contributed by atoms with Crippen LogP contribution in [0.25, 0.3) is 10.4 Å². The number of aliphatic hydroxyl groups excluding tert-OH is 1. The SMILES string of the molecule is Cc1ncsc1-c1ccc(CNC(=O)[C@@H]2C[C@@H](O)CN2C(=O)[C@@H](NC(=O)COCCOCCOCCOCCOCCOCCN)C(C)(C)C)cc1.Cl. The topological polar surface area (TPSA) is 193 Å². The van der Waals surface area contributed by atoms with Crippen LogP contribution < -0.4 is 16.4 Å². The standard InChI is InChI=1S/C36H57N5O10S.ClH/c1-26-32(52-25-39-26)28-7-5-27(6-8-28)22-38-34(44)30-21-29(42)23-41(30)35(45)33(36(2,3)4)40-31(43)24-51-20-19-50-18-17-49-16-15-48-14-13-47-12-11-46-10-9-37;/h5-8,25,29-30,33,42H,9-24,37H2,1-4H3,(H,38,44)(H,40,43);1H/t29-,30+,33-;/m1./s1. The summed E-state index contributed by atoms with van der Waals surface area (Å²) >= 11 is 1.57. The highest BCUT2D eigenvalue weighted by molar-refractivity contribution is 7.13. The number of carbonyl (C=O) groups is 3. The van der Waals surface area contributed by atoms with Crippen LogP contribution in [-0.4, -0.2) is 143 Å². The Labute approximate surface area is 323 Å². The monoisotopic (exact) mass is 787 g/mol. The minimum Gasteiger partial charge on any atom is -0.391 e. The second-order valence-electron chi connectivity index (χ2n) is 13.3. The molecule has 0 unspecified atom stereocenters. The summed E-state index contributed by atoms with van der Waals surface area (Å²) in [4.78, 5) is 46.7. The predicted molar refractivity (Wildman–Crippen MR) is 203 cm³/mol. The van der Waals surface area contributed by atoms with E-state index in [2.05, 4.69) is 15.6 Å². The molecular weight excluding hydrogens is 730 g/mol. The van der Waals surface area contributed by atoms with Crippen molar-refractivity contribution in [2.75, 3.05) is 92.4 Å². The van der Waals surface area contributed by atoms with Crippen LogP contribution in [0, 0.1) is 12.3 Å². The smallest absolute Gasteiger partial charge is 0.246 e. The largest absolute Gasteiger partial charge is 0.391 e. The van der Waals surface area contributed by atoms with Gasteiger partial charge in [0.1, 0.15) is 18.7 Å². The average Bonchev–Trinajstić information content (AvgIpc) is 3.73. The quantitative estimate of drug-likeness (QED) is 0.107. The van der Waals surface area contributed by atoms with Crippen molar-refractivity contribution in [1.82, 2.24) is 20.5 Å². The van der Waals surface area contributed by atoms with Crippen molar-refractivity contribution in [2.24, 2.45) is 11.1 Å². The van der Waals surface area contributed by atoms with E-state index in [-0.39, 0.29) is 57.6 Å². The summed E-state index contributed by atoms with van der Waals surface area (Å²) < 4.78 is 32.4. The zero-order valence-corrected chi connectivity index (χ0v) is 33.0. The highest BCUT2D eigenvalue weighted by Gasteiger charge is 2.44. The first-order valence-electron chi connectivity index (χ1n) is 17.7. The van der Waals surface area contributed by atoms with Crippen LogP contribution in [0.1, 0.15) is 38.4 Å². The molecule has 1 aromatic heterocycles. The van der Waals surface area contributed by atoms with E-state index >= 15 is 0 Å². The Kier molecular flexibility index (Phi) is 22.2. The van der Waals surface area contributed by atoms with Gasteiger partial charge in [-0.2, -0.15) is 0 Å². The van der Waals surface area contributed by atoms with Gasteiger partial charge < -0.3 is 54.8 Å². The molecule has 0 bridgehead atoms. The van der Waals surface area contributed by atoms with E-state index < -0.39 is 35.4 Å². The third-order valence-electron chi connectivity index (χ3n) is 8.07. The number of amides is 3. The minimum atomic E-state index is -0.946. The summed E-state index contributed by atoms with van der Waals surface area (Å²) in [5, 5.41) is 16.2. The number of nitrogens with two attached hydrogens (primary N) is 1. The molecule has 0 spiro atoms. The van der Waals surface area contributed by atoms with Crippen LogP contribution in [0.3, 0.4) is 0 Å². The molecule has 2 aromatic rings. The zero-order chi connectivity index (χ0) is 37.8. The first-order valence-corrected chi connectivity index (χ1v) is 18.6. The number of β-amino-alcohol motifs (C(OH)–C–C–N with tert-alkyl or cyclic N) is 1. The summed E-state index contributed by atoms with van der Waals surface area (Å²) in [5.74, 6) is -1.27. The number of aryl methyl sites for hydroxylation is 1. The molecule has 3 rings (SSSR count). The van der Waals surface area contributed by atoms with Gasteiger partial charge in [0, 0.05) is 26.1 Å². The maximum absolute atomic E-state index is 13.8. The number of hydrogen-bond acceptors (Lipinski definition) is 13. The number of rotatable bonds is 25. The fourth-order valence-electron chi connectivity index (χ4n) is 5.33. The molecule has 2 heterocycles. The number of ether oxygens (including phenoxy) is 6. The van der Waals surface area contributed by atoms with E-state index in [1.165, 1.54) is 4.90 Å². The normalized spacial score (nSPS) is 16.3. The molecule has 3 atom stereocenters.